The smallest absolute Gasteiger partial charge is 0.150 e. The van der Waals surface area contributed by atoms with Crippen molar-refractivity contribution in [2.75, 3.05) is 29.1 Å². The van der Waals surface area contributed by atoms with Gasteiger partial charge in [0.25, 0.3) is 0 Å². The zero-order valence-electron chi connectivity index (χ0n) is 9.06. The maximum atomic E-state index is 11.3. The predicted molar refractivity (Wildman–Crippen MR) is 66.5 cm³/mol. The molecule has 2 rings (SSSR count). The molecule has 16 heavy (non-hydrogen) atoms. The van der Waals surface area contributed by atoms with Crippen LogP contribution in [0.15, 0.2) is 0 Å². The molecule has 1 fully saturated rings. The number of hydrogen-bond donors (Lipinski definition) is 2. The van der Waals surface area contributed by atoms with E-state index in [0.717, 1.165) is 17.0 Å². The highest BCUT2D eigenvalue weighted by molar-refractivity contribution is 7.91. The Labute approximate surface area is 99.1 Å². The van der Waals surface area contributed by atoms with E-state index in [0.29, 0.717) is 23.9 Å². The van der Waals surface area contributed by atoms with Crippen LogP contribution < -0.4 is 11.1 Å². The van der Waals surface area contributed by atoms with Gasteiger partial charge in [0.2, 0.25) is 0 Å². The maximum absolute atomic E-state index is 11.3. The van der Waals surface area contributed by atoms with Crippen molar-refractivity contribution in [1.29, 1.82) is 0 Å². The van der Waals surface area contributed by atoms with Gasteiger partial charge in [-0.3, -0.25) is 0 Å². The normalized spacial score (nSPS) is 23.4. The molecule has 0 amide bonds. The van der Waals surface area contributed by atoms with Crippen molar-refractivity contribution in [1.82, 2.24) is 4.37 Å². The predicted octanol–water partition coefficient (Wildman–Crippen LogP) is 0.880. The average molecular weight is 261 g/mol. The van der Waals surface area contributed by atoms with Gasteiger partial charge >= 0.3 is 0 Å². The van der Waals surface area contributed by atoms with Gasteiger partial charge in [-0.05, 0) is 30.8 Å². The highest BCUT2D eigenvalue weighted by Crippen LogP contribution is 2.26. The van der Waals surface area contributed by atoms with E-state index in [-0.39, 0.29) is 5.92 Å². The molecule has 1 aliphatic heterocycles. The van der Waals surface area contributed by atoms with Gasteiger partial charge in [0, 0.05) is 12.1 Å². The van der Waals surface area contributed by atoms with Crippen molar-refractivity contribution >= 4 is 32.2 Å². The minimum atomic E-state index is -2.78. The molecular weight excluding hydrogens is 246 g/mol. The lowest BCUT2D eigenvalue weighted by Crippen LogP contribution is -2.15. The number of nitrogen functional groups attached to an aromatic ring is 1. The third-order valence-electron chi connectivity index (χ3n) is 2.84. The SMILES string of the molecule is Cc1c(N)nsc1NCC1CCS(=O)(=O)C1. The van der Waals surface area contributed by atoms with E-state index in [2.05, 4.69) is 9.69 Å². The van der Waals surface area contributed by atoms with Crippen molar-refractivity contribution in [3.63, 3.8) is 0 Å². The fourth-order valence-corrected chi connectivity index (χ4v) is 4.36. The van der Waals surface area contributed by atoms with E-state index in [1.54, 1.807) is 0 Å². The van der Waals surface area contributed by atoms with Crippen molar-refractivity contribution in [3.8, 4) is 0 Å². The topological polar surface area (TPSA) is 85.1 Å². The standard InChI is InChI=1S/C9H15N3O2S2/c1-6-8(10)12-15-9(6)11-4-7-2-3-16(13,14)5-7/h7,11H,2-5H2,1H3,(H2,10,12). The lowest BCUT2D eigenvalue weighted by Gasteiger charge is -2.09. The van der Waals surface area contributed by atoms with Crippen molar-refractivity contribution < 1.29 is 8.42 Å². The molecule has 0 aliphatic carbocycles. The summed E-state index contributed by atoms with van der Waals surface area (Å²) in [6.45, 7) is 2.59. The van der Waals surface area contributed by atoms with Crippen LogP contribution in [0.1, 0.15) is 12.0 Å². The van der Waals surface area contributed by atoms with Gasteiger partial charge in [-0.1, -0.05) is 0 Å². The number of anilines is 2. The third kappa shape index (κ3) is 2.46. The van der Waals surface area contributed by atoms with Crippen LogP contribution in [0, 0.1) is 12.8 Å². The molecule has 0 bridgehead atoms. The van der Waals surface area contributed by atoms with Crippen LogP contribution in [0.5, 0.6) is 0 Å². The second-order valence-electron chi connectivity index (χ2n) is 4.17. The first-order valence-corrected chi connectivity index (χ1v) is 7.73. The van der Waals surface area contributed by atoms with Gasteiger partial charge in [-0.25, -0.2) is 8.42 Å². The van der Waals surface area contributed by atoms with E-state index < -0.39 is 9.84 Å². The van der Waals surface area contributed by atoms with E-state index >= 15 is 0 Å². The largest absolute Gasteiger partial charge is 0.383 e. The highest BCUT2D eigenvalue weighted by Gasteiger charge is 2.27. The Kier molecular flexibility index (Phi) is 3.07. The van der Waals surface area contributed by atoms with Gasteiger partial charge in [-0.2, -0.15) is 4.37 Å². The molecule has 5 nitrogen and oxygen atoms in total. The summed E-state index contributed by atoms with van der Waals surface area (Å²) in [6.07, 6.45) is 0.753. The molecule has 0 radical (unpaired) electrons. The molecule has 3 N–H and O–H groups in total. The van der Waals surface area contributed by atoms with Gasteiger partial charge in [0.05, 0.1) is 11.5 Å². The molecule has 90 valence electrons. The Morgan fingerprint density at radius 2 is 2.38 bits per heavy atom. The summed E-state index contributed by atoms with van der Waals surface area (Å²) in [7, 11) is -2.78. The number of nitrogens with two attached hydrogens (primary N) is 1. The average Bonchev–Trinajstić information content (AvgIpc) is 2.70. The molecular formula is C9H15N3O2S2. The summed E-state index contributed by atoms with van der Waals surface area (Å²) >= 11 is 1.32. The minimum absolute atomic E-state index is 0.215. The van der Waals surface area contributed by atoms with Crippen LogP contribution in [0.4, 0.5) is 10.8 Å². The second kappa shape index (κ2) is 4.21. The quantitative estimate of drug-likeness (QED) is 0.843. The minimum Gasteiger partial charge on any atom is -0.383 e. The summed E-state index contributed by atoms with van der Waals surface area (Å²) < 4.78 is 26.6. The number of rotatable bonds is 3. The molecule has 7 heteroatoms. The molecule has 1 atom stereocenters. The molecule has 1 aromatic rings. The summed E-state index contributed by atoms with van der Waals surface area (Å²) in [5.74, 6) is 1.38. The molecule has 0 saturated carbocycles. The van der Waals surface area contributed by atoms with Gasteiger partial charge in [0.1, 0.15) is 10.8 Å². The Bertz CT molecular complexity index is 481. The first kappa shape index (κ1) is 11.7. The second-order valence-corrected chi connectivity index (χ2v) is 7.17. The first-order chi connectivity index (χ1) is 7.48. The zero-order valence-corrected chi connectivity index (χ0v) is 10.7. The van der Waals surface area contributed by atoms with Crippen LogP contribution in [0.3, 0.4) is 0 Å². The van der Waals surface area contributed by atoms with E-state index in [9.17, 15) is 8.42 Å². The Balaban J connectivity index is 1.92. The molecule has 2 heterocycles. The Morgan fingerprint density at radius 3 is 2.88 bits per heavy atom. The monoisotopic (exact) mass is 261 g/mol. The van der Waals surface area contributed by atoms with Gasteiger partial charge in [0.15, 0.2) is 9.84 Å². The summed E-state index contributed by atoms with van der Waals surface area (Å²) in [4.78, 5) is 0. The van der Waals surface area contributed by atoms with Crippen LogP contribution in [-0.2, 0) is 9.84 Å². The van der Waals surface area contributed by atoms with Crippen molar-refractivity contribution in [2.45, 2.75) is 13.3 Å². The van der Waals surface area contributed by atoms with Crippen molar-refractivity contribution in [3.05, 3.63) is 5.56 Å². The van der Waals surface area contributed by atoms with Crippen LogP contribution in [-0.4, -0.2) is 30.8 Å². The van der Waals surface area contributed by atoms with E-state index in [1.807, 2.05) is 6.92 Å². The molecule has 0 spiro atoms. The number of nitrogens with zero attached hydrogens (tertiary/aromatic N) is 1. The Hall–Kier alpha value is -0.820. The number of sulfone groups is 1. The lowest BCUT2D eigenvalue weighted by atomic mass is 10.1. The number of nitrogens with one attached hydrogen (secondary N) is 1. The fraction of sp³-hybridized carbons (Fsp3) is 0.667. The van der Waals surface area contributed by atoms with Crippen LogP contribution >= 0.6 is 11.5 Å². The van der Waals surface area contributed by atoms with Crippen molar-refractivity contribution in [2.24, 2.45) is 5.92 Å². The van der Waals surface area contributed by atoms with Gasteiger partial charge < -0.3 is 11.1 Å². The highest BCUT2D eigenvalue weighted by atomic mass is 32.2. The summed E-state index contributed by atoms with van der Waals surface area (Å²) in [5.41, 5.74) is 6.58. The maximum Gasteiger partial charge on any atom is 0.150 e. The summed E-state index contributed by atoms with van der Waals surface area (Å²) in [6, 6.07) is 0. The Morgan fingerprint density at radius 1 is 1.62 bits per heavy atom. The van der Waals surface area contributed by atoms with Crippen LogP contribution in [0.2, 0.25) is 0 Å². The molecule has 1 unspecified atom stereocenters. The van der Waals surface area contributed by atoms with E-state index in [1.165, 1.54) is 11.5 Å². The van der Waals surface area contributed by atoms with Crippen LogP contribution in [0.25, 0.3) is 0 Å². The number of aromatic nitrogens is 1. The molecule has 1 saturated heterocycles. The lowest BCUT2D eigenvalue weighted by molar-refractivity contribution is 0.596. The zero-order chi connectivity index (χ0) is 11.8. The molecule has 0 aromatic carbocycles. The summed E-state index contributed by atoms with van der Waals surface area (Å²) in [5, 5.41) is 4.17. The third-order valence-corrected chi connectivity index (χ3v) is 5.60. The van der Waals surface area contributed by atoms with Gasteiger partial charge in [-0.15, -0.1) is 0 Å². The number of hydrogen-bond acceptors (Lipinski definition) is 6. The fourth-order valence-electron chi connectivity index (χ4n) is 1.78. The molecule has 1 aromatic heterocycles. The van der Waals surface area contributed by atoms with E-state index in [4.69, 9.17) is 5.73 Å². The molecule has 1 aliphatic rings. The first-order valence-electron chi connectivity index (χ1n) is 5.14.